The lowest BCUT2D eigenvalue weighted by molar-refractivity contribution is -0.118. The Balaban J connectivity index is 1.75. The molecule has 6 nitrogen and oxygen atoms in total. The number of hydrogen-bond acceptors (Lipinski definition) is 4. The van der Waals surface area contributed by atoms with Crippen molar-refractivity contribution in [2.45, 2.75) is 31.7 Å². The molecule has 0 unspecified atom stereocenters. The zero-order valence-electron chi connectivity index (χ0n) is 14.7. The van der Waals surface area contributed by atoms with Gasteiger partial charge >= 0.3 is 0 Å². The zero-order chi connectivity index (χ0) is 18.4. The smallest absolute Gasteiger partial charge is 0.268 e. The minimum atomic E-state index is -0.368. The molecule has 1 saturated carbocycles. The van der Waals surface area contributed by atoms with Crippen LogP contribution in [0.25, 0.3) is 6.08 Å². The monoisotopic (exact) mass is 354 g/mol. The Morgan fingerprint density at radius 2 is 1.88 bits per heavy atom. The van der Waals surface area contributed by atoms with Gasteiger partial charge in [0.05, 0.1) is 13.4 Å². The van der Waals surface area contributed by atoms with Crippen molar-refractivity contribution >= 4 is 17.9 Å². The van der Waals surface area contributed by atoms with Crippen LogP contribution in [0.4, 0.5) is 0 Å². The molecule has 1 aromatic carbocycles. The molecule has 2 N–H and O–H groups in total. The quantitative estimate of drug-likeness (QED) is 0.781. The van der Waals surface area contributed by atoms with Gasteiger partial charge in [-0.1, -0.05) is 12.8 Å². The van der Waals surface area contributed by atoms with Gasteiger partial charge < -0.3 is 19.8 Å². The van der Waals surface area contributed by atoms with Crippen molar-refractivity contribution in [3.05, 3.63) is 59.7 Å². The first-order chi connectivity index (χ1) is 12.7. The second kappa shape index (κ2) is 8.38. The van der Waals surface area contributed by atoms with E-state index < -0.39 is 0 Å². The van der Waals surface area contributed by atoms with Crippen molar-refractivity contribution in [3.8, 4) is 5.75 Å². The number of amides is 2. The maximum Gasteiger partial charge on any atom is 0.268 e. The number of methoxy groups -OCH3 is 1. The number of carbonyl (C=O) groups is 2. The number of furan rings is 1. The summed E-state index contributed by atoms with van der Waals surface area (Å²) >= 11 is 0. The molecule has 0 saturated heterocycles. The minimum Gasteiger partial charge on any atom is -0.497 e. The van der Waals surface area contributed by atoms with E-state index >= 15 is 0 Å². The lowest BCUT2D eigenvalue weighted by Gasteiger charge is -2.15. The van der Waals surface area contributed by atoms with Gasteiger partial charge in [-0.3, -0.25) is 9.59 Å². The highest BCUT2D eigenvalue weighted by Crippen LogP contribution is 2.18. The van der Waals surface area contributed by atoms with Crippen molar-refractivity contribution in [1.82, 2.24) is 10.6 Å². The highest BCUT2D eigenvalue weighted by atomic mass is 16.5. The Morgan fingerprint density at radius 3 is 2.50 bits per heavy atom. The Bertz CT molecular complexity index is 773. The fourth-order valence-electron chi connectivity index (χ4n) is 2.94. The van der Waals surface area contributed by atoms with Crippen LogP contribution in [0.3, 0.4) is 0 Å². The Kier molecular flexibility index (Phi) is 5.73. The van der Waals surface area contributed by atoms with Crippen molar-refractivity contribution in [1.29, 1.82) is 0 Å². The summed E-state index contributed by atoms with van der Waals surface area (Å²) in [5.41, 5.74) is 0.595. The van der Waals surface area contributed by atoms with Crippen molar-refractivity contribution < 1.29 is 18.7 Å². The van der Waals surface area contributed by atoms with Crippen molar-refractivity contribution in [2.75, 3.05) is 7.11 Å². The molecular formula is C20H22N2O4. The third-order valence-corrected chi connectivity index (χ3v) is 4.37. The highest BCUT2D eigenvalue weighted by molar-refractivity contribution is 6.05. The van der Waals surface area contributed by atoms with Crippen LogP contribution in [0.1, 0.15) is 41.8 Å². The molecule has 0 aliphatic heterocycles. The molecule has 136 valence electrons. The number of carbonyl (C=O) groups excluding carboxylic acids is 2. The lowest BCUT2D eigenvalue weighted by Crippen LogP contribution is -2.39. The average molecular weight is 354 g/mol. The van der Waals surface area contributed by atoms with Crippen LogP contribution >= 0.6 is 0 Å². The molecule has 3 rings (SSSR count). The van der Waals surface area contributed by atoms with Crippen molar-refractivity contribution in [3.63, 3.8) is 0 Å². The van der Waals surface area contributed by atoms with E-state index in [1.165, 1.54) is 12.3 Å². The van der Waals surface area contributed by atoms with Crippen LogP contribution in [0, 0.1) is 0 Å². The minimum absolute atomic E-state index is 0.153. The molecule has 1 aliphatic carbocycles. The van der Waals surface area contributed by atoms with Crippen LogP contribution in [0.15, 0.2) is 52.8 Å². The molecule has 1 aliphatic rings. The van der Waals surface area contributed by atoms with E-state index in [0.717, 1.165) is 25.7 Å². The maximum atomic E-state index is 12.6. The van der Waals surface area contributed by atoms with Crippen LogP contribution in [-0.2, 0) is 4.79 Å². The van der Waals surface area contributed by atoms with Gasteiger partial charge in [0.15, 0.2) is 0 Å². The normalized spacial score (nSPS) is 14.9. The van der Waals surface area contributed by atoms with Gasteiger partial charge in [-0.05, 0) is 49.2 Å². The molecule has 1 fully saturated rings. The molecule has 6 heteroatoms. The topological polar surface area (TPSA) is 80.6 Å². The first kappa shape index (κ1) is 17.8. The number of rotatable bonds is 6. The summed E-state index contributed by atoms with van der Waals surface area (Å²) in [6, 6.07) is 10.3. The van der Waals surface area contributed by atoms with Gasteiger partial charge in [0.25, 0.3) is 11.8 Å². The summed E-state index contributed by atoms with van der Waals surface area (Å²) in [6.07, 6.45) is 7.20. The molecule has 0 bridgehead atoms. The predicted octanol–water partition coefficient (Wildman–Crippen LogP) is 3.12. The fourth-order valence-corrected chi connectivity index (χ4v) is 2.94. The first-order valence-electron chi connectivity index (χ1n) is 8.67. The van der Waals surface area contributed by atoms with Crippen LogP contribution in [0.2, 0.25) is 0 Å². The zero-order valence-corrected chi connectivity index (χ0v) is 14.7. The van der Waals surface area contributed by atoms with E-state index in [-0.39, 0.29) is 23.6 Å². The SMILES string of the molecule is COc1ccc(C(=O)N/C(=C\c2ccco2)C(=O)NC2CCCC2)cc1. The summed E-state index contributed by atoms with van der Waals surface area (Å²) in [5.74, 6) is 0.477. The van der Waals surface area contributed by atoms with Crippen molar-refractivity contribution in [2.24, 2.45) is 0 Å². The molecule has 1 heterocycles. The predicted molar refractivity (Wildman–Crippen MR) is 97.5 cm³/mol. The second-order valence-corrected chi connectivity index (χ2v) is 6.21. The highest BCUT2D eigenvalue weighted by Gasteiger charge is 2.21. The average Bonchev–Trinajstić information content (AvgIpc) is 3.35. The second-order valence-electron chi connectivity index (χ2n) is 6.21. The number of benzene rings is 1. The van der Waals surface area contributed by atoms with Gasteiger partial charge in [0, 0.05) is 17.7 Å². The third-order valence-electron chi connectivity index (χ3n) is 4.37. The number of ether oxygens (including phenoxy) is 1. The van der Waals surface area contributed by atoms with E-state index in [2.05, 4.69) is 10.6 Å². The molecule has 0 atom stereocenters. The molecular weight excluding hydrogens is 332 g/mol. The third kappa shape index (κ3) is 4.53. The largest absolute Gasteiger partial charge is 0.497 e. The summed E-state index contributed by atoms with van der Waals surface area (Å²) in [4.78, 5) is 25.2. The maximum absolute atomic E-state index is 12.6. The molecule has 2 amide bonds. The molecule has 2 aromatic rings. The standard InChI is InChI=1S/C20H22N2O4/c1-25-16-10-8-14(9-11-16)19(23)22-18(13-17-7-4-12-26-17)20(24)21-15-5-2-3-6-15/h4,7-13,15H,2-3,5-6H2,1H3,(H,21,24)(H,22,23)/b18-13-. The number of nitrogens with one attached hydrogen (secondary N) is 2. The van der Waals surface area contributed by atoms with Gasteiger partial charge in [-0.2, -0.15) is 0 Å². The van der Waals surface area contributed by atoms with Crippen LogP contribution in [-0.4, -0.2) is 25.0 Å². The Hall–Kier alpha value is -3.02. The van der Waals surface area contributed by atoms with E-state index in [9.17, 15) is 9.59 Å². The van der Waals surface area contributed by atoms with E-state index in [1.54, 1.807) is 43.5 Å². The van der Waals surface area contributed by atoms with E-state index in [4.69, 9.17) is 9.15 Å². The van der Waals surface area contributed by atoms with E-state index in [1.807, 2.05) is 0 Å². The first-order valence-corrected chi connectivity index (χ1v) is 8.67. The molecule has 26 heavy (non-hydrogen) atoms. The molecule has 0 spiro atoms. The summed E-state index contributed by atoms with van der Waals surface area (Å²) < 4.78 is 10.4. The van der Waals surface area contributed by atoms with Gasteiger partial charge in [-0.15, -0.1) is 0 Å². The van der Waals surface area contributed by atoms with E-state index in [0.29, 0.717) is 17.1 Å². The van der Waals surface area contributed by atoms with Crippen LogP contribution in [0.5, 0.6) is 5.75 Å². The summed E-state index contributed by atoms with van der Waals surface area (Å²) in [5, 5.41) is 5.67. The molecule has 1 aromatic heterocycles. The van der Waals surface area contributed by atoms with Gasteiger partial charge in [0.2, 0.25) is 0 Å². The fraction of sp³-hybridized carbons (Fsp3) is 0.300. The van der Waals surface area contributed by atoms with Gasteiger partial charge in [-0.25, -0.2) is 0 Å². The van der Waals surface area contributed by atoms with Crippen LogP contribution < -0.4 is 15.4 Å². The summed E-state index contributed by atoms with van der Waals surface area (Å²) in [6.45, 7) is 0. The van der Waals surface area contributed by atoms with Gasteiger partial charge in [0.1, 0.15) is 17.2 Å². The number of hydrogen-bond donors (Lipinski definition) is 2. The lowest BCUT2D eigenvalue weighted by atomic mass is 10.2. The summed E-state index contributed by atoms with van der Waals surface area (Å²) in [7, 11) is 1.56. The Morgan fingerprint density at radius 1 is 1.15 bits per heavy atom. The Labute approximate surface area is 152 Å². The molecule has 0 radical (unpaired) electrons.